The molecule has 0 saturated carbocycles. The third-order valence-corrected chi connectivity index (χ3v) is 1.89. The number of amides is 1. The van der Waals surface area contributed by atoms with E-state index in [4.69, 9.17) is 11.6 Å². The van der Waals surface area contributed by atoms with Crippen LogP contribution in [0.5, 0.6) is 0 Å². The highest BCUT2D eigenvalue weighted by atomic mass is 35.5. The summed E-state index contributed by atoms with van der Waals surface area (Å²) < 4.78 is 0. The minimum Gasteiger partial charge on any atom is -0.274 e. The Bertz CT molecular complexity index is 424. The van der Waals surface area contributed by atoms with Crippen molar-refractivity contribution in [1.82, 2.24) is 10.5 Å². The van der Waals surface area contributed by atoms with Gasteiger partial charge in [0, 0.05) is 6.07 Å². The van der Waals surface area contributed by atoms with Gasteiger partial charge in [0.15, 0.2) is 0 Å². The summed E-state index contributed by atoms with van der Waals surface area (Å²) in [4.78, 5) is 29.4. The van der Waals surface area contributed by atoms with E-state index in [1.54, 1.807) is 6.92 Å². The zero-order valence-electron chi connectivity index (χ0n) is 8.27. The van der Waals surface area contributed by atoms with Gasteiger partial charge in [0.1, 0.15) is 11.3 Å². The first-order valence-electron chi connectivity index (χ1n) is 4.28. The van der Waals surface area contributed by atoms with Gasteiger partial charge < -0.3 is 0 Å². The zero-order chi connectivity index (χ0) is 12.1. The molecular weight excluding hydrogens is 238 g/mol. The predicted molar refractivity (Wildman–Crippen MR) is 55.0 cm³/mol. The highest BCUT2D eigenvalue weighted by Crippen LogP contribution is 2.18. The van der Waals surface area contributed by atoms with E-state index in [0.717, 1.165) is 12.3 Å². The highest BCUT2D eigenvalue weighted by Gasteiger charge is 2.16. The number of nitrogens with zero attached hydrogens (tertiary/aromatic N) is 2. The molecule has 7 nitrogen and oxygen atoms in total. The Kier molecular flexibility index (Phi) is 4.15. The van der Waals surface area contributed by atoms with Gasteiger partial charge in [-0.3, -0.25) is 19.7 Å². The van der Waals surface area contributed by atoms with Crippen molar-refractivity contribution in [2.45, 2.75) is 6.92 Å². The van der Waals surface area contributed by atoms with Crippen molar-refractivity contribution < 1.29 is 14.6 Å². The largest absolute Gasteiger partial charge is 0.288 e. The SMILES string of the molecule is CCONC(=O)c1cc([N+](=O)[O-])cnc1Cl. The van der Waals surface area contributed by atoms with E-state index in [0.29, 0.717) is 0 Å². The molecule has 1 aromatic heterocycles. The second kappa shape index (κ2) is 5.38. The van der Waals surface area contributed by atoms with Crippen molar-refractivity contribution in [1.29, 1.82) is 0 Å². The molecule has 0 spiro atoms. The first kappa shape index (κ1) is 12.3. The third-order valence-electron chi connectivity index (χ3n) is 1.59. The van der Waals surface area contributed by atoms with Gasteiger partial charge in [-0.2, -0.15) is 0 Å². The molecule has 0 bridgehead atoms. The van der Waals surface area contributed by atoms with E-state index < -0.39 is 10.8 Å². The van der Waals surface area contributed by atoms with Crippen LogP contribution in [-0.4, -0.2) is 22.4 Å². The van der Waals surface area contributed by atoms with Crippen LogP contribution in [0.25, 0.3) is 0 Å². The Labute approximate surface area is 95.5 Å². The molecule has 0 aliphatic heterocycles. The number of carbonyl (C=O) groups excluding carboxylic acids is 1. The molecule has 8 heteroatoms. The van der Waals surface area contributed by atoms with Crippen molar-refractivity contribution >= 4 is 23.2 Å². The van der Waals surface area contributed by atoms with Gasteiger partial charge in [0.2, 0.25) is 0 Å². The minimum atomic E-state index is -0.678. The normalized spacial score (nSPS) is 9.88. The minimum absolute atomic E-state index is 0.107. The number of pyridine rings is 1. The highest BCUT2D eigenvalue weighted by molar-refractivity contribution is 6.32. The van der Waals surface area contributed by atoms with E-state index in [1.807, 2.05) is 0 Å². The topological polar surface area (TPSA) is 94.4 Å². The molecule has 16 heavy (non-hydrogen) atoms. The number of nitrogens with one attached hydrogen (secondary N) is 1. The summed E-state index contributed by atoms with van der Waals surface area (Å²) in [6.45, 7) is 1.94. The molecular formula is C8H8ClN3O4. The number of aromatic nitrogens is 1. The summed E-state index contributed by atoms with van der Waals surface area (Å²) in [5.74, 6) is -0.678. The van der Waals surface area contributed by atoms with Crippen molar-refractivity contribution in [3.63, 3.8) is 0 Å². The van der Waals surface area contributed by atoms with Crippen LogP contribution in [0.15, 0.2) is 12.3 Å². The van der Waals surface area contributed by atoms with Gasteiger partial charge in [0.25, 0.3) is 11.6 Å². The van der Waals surface area contributed by atoms with Crippen LogP contribution in [0, 0.1) is 10.1 Å². The summed E-state index contributed by atoms with van der Waals surface area (Å²) in [7, 11) is 0. The summed E-state index contributed by atoms with van der Waals surface area (Å²) in [5.41, 5.74) is 1.65. The third kappa shape index (κ3) is 2.88. The number of hydrogen-bond acceptors (Lipinski definition) is 5. The molecule has 1 N–H and O–H groups in total. The van der Waals surface area contributed by atoms with E-state index in [1.165, 1.54) is 0 Å². The lowest BCUT2D eigenvalue weighted by molar-refractivity contribution is -0.385. The molecule has 1 rings (SSSR count). The van der Waals surface area contributed by atoms with Gasteiger partial charge in [-0.1, -0.05) is 11.6 Å². The lowest BCUT2D eigenvalue weighted by atomic mass is 10.2. The van der Waals surface area contributed by atoms with E-state index in [9.17, 15) is 14.9 Å². The fourth-order valence-corrected chi connectivity index (χ4v) is 1.08. The summed E-state index contributed by atoms with van der Waals surface area (Å²) in [6, 6.07) is 1.03. The van der Waals surface area contributed by atoms with Gasteiger partial charge in [-0.15, -0.1) is 0 Å². The molecule has 0 fully saturated rings. The van der Waals surface area contributed by atoms with Crippen LogP contribution in [0.2, 0.25) is 5.15 Å². The Morgan fingerprint density at radius 1 is 1.75 bits per heavy atom. The van der Waals surface area contributed by atoms with Crippen molar-refractivity contribution in [2.75, 3.05) is 6.61 Å². The smallest absolute Gasteiger partial charge is 0.274 e. The lowest BCUT2D eigenvalue weighted by Crippen LogP contribution is -2.24. The molecule has 0 saturated heterocycles. The molecule has 0 aliphatic rings. The van der Waals surface area contributed by atoms with Crippen molar-refractivity contribution in [3.05, 3.63) is 33.1 Å². The summed E-state index contributed by atoms with van der Waals surface area (Å²) in [5, 5.41) is 10.3. The molecule has 1 amide bonds. The quantitative estimate of drug-likeness (QED) is 0.490. The number of rotatable bonds is 4. The molecule has 0 aliphatic carbocycles. The Hall–Kier alpha value is -1.73. The van der Waals surface area contributed by atoms with E-state index in [2.05, 4.69) is 15.3 Å². The molecule has 1 heterocycles. The fourth-order valence-electron chi connectivity index (χ4n) is 0.889. The second-order valence-electron chi connectivity index (χ2n) is 2.65. The lowest BCUT2D eigenvalue weighted by Gasteiger charge is -2.04. The van der Waals surface area contributed by atoms with Crippen LogP contribution in [0.4, 0.5) is 5.69 Å². The predicted octanol–water partition coefficient (Wildman–Crippen LogP) is 1.32. The van der Waals surface area contributed by atoms with Gasteiger partial charge in [0.05, 0.1) is 17.1 Å². The van der Waals surface area contributed by atoms with Crippen molar-refractivity contribution in [2.24, 2.45) is 0 Å². The average Bonchev–Trinajstić information content (AvgIpc) is 2.26. The molecule has 0 radical (unpaired) electrons. The van der Waals surface area contributed by atoms with Gasteiger partial charge in [-0.05, 0) is 6.92 Å². The summed E-state index contributed by atoms with van der Waals surface area (Å²) in [6.07, 6.45) is 0.972. The van der Waals surface area contributed by atoms with E-state index in [-0.39, 0.29) is 23.0 Å². The van der Waals surface area contributed by atoms with Gasteiger partial charge in [-0.25, -0.2) is 10.5 Å². The van der Waals surface area contributed by atoms with Crippen LogP contribution in [0.1, 0.15) is 17.3 Å². The standard InChI is InChI=1S/C8H8ClN3O4/c1-2-16-11-8(13)6-3-5(12(14)15)4-10-7(6)9/h3-4H,2H2,1H3,(H,11,13). The van der Waals surface area contributed by atoms with E-state index >= 15 is 0 Å². The maximum atomic E-state index is 11.4. The van der Waals surface area contributed by atoms with Crippen LogP contribution in [-0.2, 0) is 4.84 Å². The van der Waals surface area contributed by atoms with Crippen LogP contribution >= 0.6 is 11.6 Å². The molecule has 0 atom stereocenters. The Morgan fingerprint density at radius 2 is 2.44 bits per heavy atom. The average molecular weight is 246 g/mol. The number of carbonyl (C=O) groups is 1. The maximum Gasteiger partial charge on any atom is 0.288 e. The number of hydrogen-bond donors (Lipinski definition) is 1. The number of halogens is 1. The Morgan fingerprint density at radius 3 is 3.00 bits per heavy atom. The maximum absolute atomic E-state index is 11.4. The number of hydroxylamine groups is 1. The molecule has 1 aromatic rings. The monoisotopic (exact) mass is 245 g/mol. The summed E-state index contributed by atoms with van der Waals surface area (Å²) >= 11 is 5.62. The molecule has 86 valence electrons. The molecule has 0 aromatic carbocycles. The Balaban J connectivity index is 2.97. The van der Waals surface area contributed by atoms with Crippen LogP contribution in [0.3, 0.4) is 0 Å². The fraction of sp³-hybridized carbons (Fsp3) is 0.250. The first-order valence-corrected chi connectivity index (χ1v) is 4.66. The zero-order valence-corrected chi connectivity index (χ0v) is 9.02. The molecule has 0 unspecified atom stereocenters. The van der Waals surface area contributed by atoms with Gasteiger partial charge >= 0.3 is 0 Å². The van der Waals surface area contributed by atoms with Crippen molar-refractivity contribution in [3.8, 4) is 0 Å². The first-order chi connectivity index (χ1) is 7.56. The second-order valence-corrected chi connectivity index (χ2v) is 3.01. The number of nitro groups is 1. The van der Waals surface area contributed by atoms with Crippen LogP contribution < -0.4 is 5.48 Å².